The highest BCUT2D eigenvalue weighted by Crippen LogP contribution is 2.26. The van der Waals surface area contributed by atoms with Crippen LogP contribution in [0.2, 0.25) is 0 Å². The Balaban J connectivity index is 1.81. The van der Waals surface area contributed by atoms with Crippen molar-refractivity contribution >= 4 is 5.91 Å². The summed E-state index contributed by atoms with van der Waals surface area (Å²) in [4.78, 5) is 13.7. The van der Waals surface area contributed by atoms with Gasteiger partial charge in [-0.15, -0.1) is 0 Å². The van der Waals surface area contributed by atoms with Gasteiger partial charge in [-0.05, 0) is 18.6 Å². The molecule has 1 heterocycles. The minimum absolute atomic E-state index is 0.0278. The van der Waals surface area contributed by atoms with Gasteiger partial charge in [0, 0.05) is 13.6 Å². The van der Waals surface area contributed by atoms with Crippen LogP contribution in [0.15, 0.2) is 24.3 Å². The number of hydrogen-bond acceptors (Lipinski definition) is 7. The van der Waals surface area contributed by atoms with Crippen molar-refractivity contribution in [1.29, 1.82) is 0 Å². The number of para-hydroxylation sites is 2. The van der Waals surface area contributed by atoms with Crippen LogP contribution in [0.25, 0.3) is 0 Å². The average molecular weight is 339 g/mol. The van der Waals surface area contributed by atoms with E-state index in [2.05, 4.69) is 10.9 Å². The number of carbonyl (C=O) groups excluding carboxylic acids is 1. The molecule has 8 nitrogen and oxygen atoms in total. The van der Waals surface area contributed by atoms with Crippen LogP contribution in [-0.4, -0.2) is 73.1 Å². The van der Waals surface area contributed by atoms with Gasteiger partial charge in [0.1, 0.15) is 12.6 Å². The van der Waals surface area contributed by atoms with Crippen molar-refractivity contribution in [1.82, 2.24) is 15.8 Å². The van der Waals surface area contributed by atoms with Gasteiger partial charge in [-0.2, -0.15) is 0 Å². The lowest BCUT2D eigenvalue weighted by Crippen LogP contribution is -2.46. The average Bonchev–Trinajstić information content (AvgIpc) is 3.08. The van der Waals surface area contributed by atoms with Crippen molar-refractivity contribution in [2.75, 3.05) is 33.9 Å². The molecule has 1 fully saturated rings. The zero-order valence-electron chi connectivity index (χ0n) is 13.9. The quantitative estimate of drug-likeness (QED) is 0.488. The van der Waals surface area contributed by atoms with Gasteiger partial charge in [-0.1, -0.05) is 12.1 Å². The summed E-state index contributed by atoms with van der Waals surface area (Å²) >= 11 is 0. The lowest BCUT2D eigenvalue weighted by molar-refractivity contribution is -0.133. The van der Waals surface area contributed by atoms with Crippen LogP contribution in [0.3, 0.4) is 0 Å². The van der Waals surface area contributed by atoms with E-state index in [1.165, 1.54) is 4.90 Å². The Hall–Kier alpha value is -1.87. The number of nitrogens with one attached hydrogen (secondary N) is 2. The first-order valence-corrected chi connectivity index (χ1v) is 7.86. The SMILES string of the molecule is COc1ccccc1OCC1CC(C(=O)N(C)CC(O)CO)NN1. The van der Waals surface area contributed by atoms with Crippen LogP contribution >= 0.6 is 0 Å². The molecule has 4 N–H and O–H groups in total. The molecule has 2 rings (SSSR count). The molecule has 0 spiro atoms. The molecular weight excluding hydrogens is 314 g/mol. The summed E-state index contributed by atoms with van der Waals surface area (Å²) in [6.07, 6.45) is -0.369. The first kappa shape index (κ1) is 18.5. The van der Waals surface area contributed by atoms with E-state index in [1.54, 1.807) is 14.2 Å². The number of aliphatic hydroxyl groups excluding tert-OH is 2. The summed E-state index contributed by atoms with van der Waals surface area (Å²) in [6.45, 7) is 0.110. The van der Waals surface area contributed by atoms with Gasteiger partial charge < -0.3 is 24.6 Å². The molecular formula is C16H25N3O5. The van der Waals surface area contributed by atoms with Crippen molar-refractivity contribution in [3.63, 3.8) is 0 Å². The van der Waals surface area contributed by atoms with Gasteiger partial charge in [0.2, 0.25) is 5.91 Å². The number of methoxy groups -OCH3 is 1. The highest BCUT2D eigenvalue weighted by Gasteiger charge is 2.32. The van der Waals surface area contributed by atoms with Crippen LogP contribution in [0, 0.1) is 0 Å². The van der Waals surface area contributed by atoms with Gasteiger partial charge >= 0.3 is 0 Å². The Morgan fingerprint density at radius 2 is 2.08 bits per heavy atom. The first-order chi connectivity index (χ1) is 11.5. The van der Waals surface area contributed by atoms with Gasteiger partial charge in [0.15, 0.2) is 11.5 Å². The van der Waals surface area contributed by atoms with Crippen LogP contribution in [0.5, 0.6) is 11.5 Å². The second kappa shape index (κ2) is 8.84. The Morgan fingerprint density at radius 1 is 1.38 bits per heavy atom. The summed E-state index contributed by atoms with van der Waals surface area (Å²) in [6, 6.07) is 6.96. The third-order valence-electron chi connectivity index (χ3n) is 3.86. The van der Waals surface area contributed by atoms with Gasteiger partial charge in [-0.25, -0.2) is 5.43 Å². The molecule has 1 amide bonds. The summed E-state index contributed by atoms with van der Waals surface area (Å²) in [7, 11) is 3.18. The number of benzene rings is 1. The minimum Gasteiger partial charge on any atom is -0.493 e. The molecule has 1 aromatic carbocycles. The standard InChI is InChI=1S/C16H25N3O5/c1-19(8-12(21)9-20)16(22)13-7-11(17-18-13)10-24-15-6-4-3-5-14(15)23-2/h3-6,11-13,17-18,20-21H,7-10H2,1-2H3. The van der Waals surface area contributed by atoms with Gasteiger partial charge in [-0.3, -0.25) is 10.2 Å². The van der Waals surface area contributed by atoms with Crippen molar-refractivity contribution in [3.8, 4) is 11.5 Å². The Kier molecular flexibility index (Phi) is 6.80. The number of aliphatic hydroxyl groups is 2. The molecule has 8 heteroatoms. The van der Waals surface area contributed by atoms with E-state index >= 15 is 0 Å². The van der Waals surface area contributed by atoms with E-state index in [1.807, 2.05) is 24.3 Å². The van der Waals surface area contributed by atoms with Crippen LogP contribution in [-0.2, 0) is 4.79 Å². The molecule has 0 bridgehead atoms. The normalized spacial score (nSPS) is 21.3. The number of amides is 1. The first-order valence-electron chi connectivity index (χ1n) is 7.86. The van der Waals surface area contributed by atoms with E-state index in [0.717, 1.165) is 0 Å². The largest absolute Gasteiger partial charge is 0.493 e. The summed E-state index contributed by atoms with van der Waals surface area (Å²) < 4.78 is 11.0. The van der Waals surface area contributed by atoms with Crippen molar-refractivity contribution < 1.29 is 24.5 Å². The minimum atomic E-state index is -0.932. The molecule has 0 aliphatic carbocycles. The molecule has 1 aromatic rings. The Labute approximate surface area is 141 Å². The molecule has 1 saturated heterocycles. The summed E-state index contributed by atoms with van der Waals surface area (Å²) in [5.74, 6) is 1.17. The second-order valence-corrected chi connectivity index (χ2v) is 5.79. The third kappa shape index (κ3) is 4.81. The maximum atomic E-state index is 12.3. The topological polar surface area (TPSA) is 103 Å². The maximum Gasteiger partial charge on any atom is 0.240 e. The molecule has 1 aliphatic rings. The zero-order valence-corrected chi connectivity index (χ0v) is 13.9. The molecule has 24 heavy (non-hydrogen) atoms. The van der Waals surface area contributed by atoms with Crippen molar-refractivity contribution in [2.24, 2.45) is 0 Å². The number of nitrogens with zero attached hydrogens (tertiary/aromatic N) is 1. The van der Waals surface area contributed by atoms with Crippen LogP contribution in [0.1, 0.15) is 6.42 Å². The molecule has 134 valence electrons. The molecule has 3 atom stereocenters. The predicted octanol–water partition coefficient (Wildman–Crippen LogP) is -0.879. The molecule has 0 saturated carbocycles. The van der Waals surface area contributed by atoms with Crippen LogP contribution in [0.4, 0.5) is 0 Å². The fourth-order valence-corrected chi connectivity index (χ4v) is 2.55. The van der Waals surface area contributed by atoms with E-state index in [0.29, 0.717) is 24.5 Å². The number of carbonyl (C=O) groups is 1. The fourth-order valence-electron chi connectivity index (χ4n) is 2.55. The highest BCUT2D eigenvalue weighted by molar-refractivity contribution is 5.82. The number of likely N-dealkylation sites (N-methyl/N-ethyl adjacent to an activating group) is 1. The lowest BCUT2D eigenvalue weighted by Gasteiger charge is -2.22. The number of rotatable bonds is 8. The van der Waals surface area contributed by atoms with E-state index in [9.17, 15) is 9.90 Å². The third-order valence-corrected chi connectivity index (χ3v) is 3.86. The van der Waals surface area contributed by atoms with E-state index in [-0.39, 0.29) is 25.1 Å². The van der Waals surface area contributed by atoms with Crippen molar-refractivity contribution in [2.45, 2.75) is 24.6 Å². The molecule has 3 unspecified atom stereocenters. The Morgan fingerprint density at radius 3 is 2.75 bits per heavy atom. The number of hydrazine groups is 1. The monoisotopic (exact) mass is 339 g/mol. The molecule has 0 radical (unpaired) electrons. The summed E-state index contributed by atoms with van der Waals surface area (Å²) in [5, 5.41) is 18.3. The van der Waals surface area contributed by atoms with Crippen LogP contribution < -0.4 is 20.3 Å². The molecule has 1 aliphatic heterocycles. The molecule has 0 aromatic heterocycles. The van der Waals surface area contributed by atoms with Gasteiger partial charge in [0.25, 0.3) is 0 Å². The highest BCUT2D eigenvalue weighted by atomic mass is 16.5. The fraction of sp³-hybridized carbons (Fsp3) is 0.562. The number of hydrogen-bond donors (Lipinski definition) is 4. The van der Waals surface area contributed by atoms with E-state index < -0.39 is 12.1 Å². The zero-order chi connectivity index (χ0) is 17.5. The smallest absolute Gasteiger partial charge is 0.240 e. The second-order valence-electron chi connectivity index (χ2n) is 5.79. The van der Waals surface area contributed by atoms with E-state index in [4.69, 9.17) is 14.6 Å². The number of ether oxygens (including phenoxy) is 2. The summed E-state index contributed by atoms with van der Waals surface area (Å²) in [5.41, 5.74) is 5.99. The predicted molar refractivity (Wildman–Crippen MR) is 87.7 cm³/mol. The lowest BCUT2D eigenvalue weighted by atomic mass is 10.1. The Bertz CT molecular complexity index is 542. The maximum absolute atomic E-state index is 12.3. The van der Waals surface area contributed by atoms with Gasteiger partial charge in [0.05, 0.1) is 25.9 Å². The van der Waals surface area contributed by atoms with Crippen molar-refractivity contribution in [3.05, 3.63) is 24.3 Å².